The number of para-hydroxylation sites is 1. The van der Waals surface area contributed by atoms with Crippen LogP contribution in [0.4, 0.5) is 5.69 Å². The van der Waals surface area contributed by atoms with Crippen molar-refractivity contribution in [3.05, 3.63) is 99.5 Å². The standard InChI is InChI=1S/C30H35Cl2N3O4S/c1-5-22(3)33-30(37)28(18-23-13-7-6-8-14-23)34(19-24-25(31)15-11-16-26(24)32)29(36)20-35(40(4,38)39)27-17-10-9-12-21(27)2/h6-17,22,28H,5,18-20H2,1-4H3,(H,33,37)/t22-,28+/m0/s1. The van der Waals surface area contributed by atoms with Crippen molar-refractivity contribution in [1.82, 2.24) is 10.2 Å². The van der Waals surface area contributed by atoms with Gasteiger partial charge in [0.25, 0.3) is 0 Å². The summed E-state index contributed by atoms with van der Waals surface area (Å²) in [4.78, 5) is 29.3. The lowest BCUT2D eigenvalue weighted by Gasteiger charge is -2.34. The number of carbonyl (C=O) groups is 2. The first kappa shape index (κ1) is 31.5. The van der Waals surface area contributed by atoms with Crippen molar-refractivity contribution >= 4 is 50.7 Å². The summed E-state index contributed by atoms with van der Waals surface area (Å²) in [5, 5.41) is 3.67. The van der Waals surface area contributed by atoms with Crippen LogP contribution in [0.15, 0.2) is 72.8 Å². The molecule has 0 radical (unpaired) electrons. The van der Waals surface area contributed by atoms with Gasteiger partial charge >= 0.3 is 0 Å². The van der Waals surface area contributed by atoms with E-state index in [1.54, 1.807) is 49.4 Å². The SMILES string of the molecule is CC[C@H](C)NC(=O)[C@@H](Cc1ccccc1)N(Cc1c(Cl)cccc1Cl)C(=O)CN(c1ccccc1C)S(C)(=O)=O. The molecule has 3 aromatic carbocycles. The number of sulfonamides is 1. The largest absolute Gasteiger partial charge is 0.352 e. The smallest absolute Gasteiger partial charge is 0.244 e. The normalized spacial score (nSPS) is 12.8. The monoisotopic (exact) mass is 603 g/mol. The maximum atomic E-state index is 14.2. The molecule has 2 amide bonds. The van der Waals surface area contributed by atoms with Crippen LogP contribution in [0, 0.1) is 6.92 Å². The molecule has 0 saturated heterocycles. The quantitative estimate of drug-likeness (QED) is 0.291. The molecule has 10 heteroatoms. The van der Waals surface area contributed by atoms with Crippen molar-refractivity contribution in [3.8, 4) is 0 Å². The van der Waals surface area contributed by atoms with Gasteiger partial charge in [-0.05, 0) is 49.6 Å². The van der Waals surface area contributed by atoms with E-state index in [9.17, 15) is 18.0 Å². The van der Waals surface area contributed by atoms with E-state index in [1.807, 2.05) is 44.2 Å². The van der Waals surface area contributed by atoms with Gasteiger partial charge in [0, 0.05) is 34.6 Å². The second-order valence-corrected chi connectivity index (χ2v) is 12.5. The predicted molar refractivity (Wildman–Crippen MR) is 162 cm³/mol. The summed E-state index contributed by atoms with van der Waals surface area (Å²) in [5.41, 5.74) is 2.39. The Morgan fingerprint density at radius 1 is 0.925 bits per heavy atom. The van der Waals surface area contributed by atoms with E-state index in [2.05, 4.69) is 5.32 Å². The highest BCUT2D eigenvalue weighted by Gasteiger charge is 2.34. The van der Waals surface area contributed by atoms with Gasteiger partial charge in [0.2, 0.25) is 21.8 Å². The van der Waals surface area contributed by atoms with Gasteiger partial charge in [0.05, 0.1) is 11.9 Å². The van der Waals surface area contributed by atoms with Crippen LogP contribution >= 0.6 is 23.2 Å². The molecule has 0 bridgehead atoms. The van der Waals surface area contributed by atoms with Crippen LogP contribution in [-0.4, -0.2) is 50.0 Å². The van der Waals surface area contributed by atoms with E-state index in [4.69, 9.17) is 23.2 Å². The van der Waals surface area contributed by atoms with Crippen LogP contribution in [-0.2, 0) is 32.6 Å². The second kappa shape index (κ2) is 14.0. The van der Waals surface area contributed by atoms with Crippen molar-refractivity contribution in [2.24, 2.45) is 0 Å². The lowest BCUT2D eigenvalue weighted by atomic mass is 10.0. The molecule has 0 unspecified atom stereocenters. The average molecular weight is 605 g/mol. The lowest BCUT2D eigenvalue weighted by Crippen LogP contribution is -2.54. The van der Waals surface area contributed by atoms with Crippen LogP contribution in [0.5, 0.6) is 0 Å². The number of halogens is 2. The third-order valence-electron chi connectivity index (χ3n) is 6.73. The average Bonchev–Trinajstić information content (AvgIpc) is 2.91. The lowest BCUT2D eigenvalue weighted by molar-refractivity contribution is -0.140. The van der Waals surface area contributed by atoms with Crippen molar-refractivity contribution in [3.63, 3.8) is 0 Å². The molecule has 3 aromatic rings. The number of nitrogens with one attached hydrogen (secondary N) is 1. The molecular formula is C30H35Cl2N3O4S. The Morgan fingerprint density at radius 2 is 1.52 bits per heavy atom. The third-order valence-corrected chi connectivity index (χ3v) is 8.56. The molecule has 0 aliphatic heterocycles. The zero-order valence-corrected chi connectivity index (χ0v) is 25.4. The summed E-state index contributed by atoms with van der Waals surface area (Å²) in [6.07, 6.45) is 1.96. The molecule has 0 saturated carbocycles. The maximum absolute atomic E-state index is 14.2. The van der Waals surface area contributed by atoms with Gasteiger partial charge in [-0.25, -0.2) is 8.42 Å². The van der Waals surface area contributed by atoms with Crippen molar-refractivity contribution in [1.29, 1.82) is 0 Å². The molecule has 0 aromatic heterocycles. The number of benzene rings is 3. The summed E-state index contributed by atoms with van der Waals surface area (Å²) < 4.78 is 26.9. The van der Waals surface area contributed by atoms with E-state index >= 15 is 0 Å². The summed E-state index contributed by atoms with van der Waals surface area (Å²) in [5.74, 6) is -0.915. The topological polar surface area (TPSA) is 86.8 Å². The summed E-state index contributed by atoms with van der Waals surface area (Å²) in [6, 6.07) is 20.2. The first-order valence-corrected chi connectivity index (χ1v) is 15.6. The van der Waals surface area contributed by atoms with Gasteiger partial charge in [0.1, 0.15) is 12.6 Å². The Morgan fingerprint density at radius 3 is 2.10 bits per heavy atom. The van der Waals surface area contributed by atoms with Crippen molar-refractivity contribution in [2.45, 2.75) is 52.2 Å². The molecule has 214 valence electrons. The Kier molecular flexibility index (Phi) is 11.0. The van der Waals surface area contributed by atoms with Crippen molar-refractivity contribution < 1.29 is 18.0 Å². The molecule has 0 aliphatic rings. The van der Waals surface area contributed by atoms with Gasteiger partial charge in [-0.1, -0.05) is 84.7 Å². The number of aryl methyl sites for hydroxylation is 1. The highest BCUT2D eigenvalue weighted by atomic mass is 35.5. The van der Waals surface area contributed by atoms with E-state index in [1.165, 1.54) is 4.90 Å². The number of hydrogen-bond donors (Lipinski definition) is 1. The molecule has 7 nitrogen and oxygen atoms in total. The molecule has 2 atom stereocenters. The number of anilines is 1. The number of rotatable bonds is 12. The highest BCUT2D eigenvalue weighted by molar-refractivity contribution is 7.92. The van der Waals surface area contributed by atoms with Gasteiger partial charge in [-0.15, -0.1) is 0 Å². The number of hydrogen-bond acceptors (Lipinski definition) is 4. The fourth-order valence-corrected chi connectivity index (χ4v) is 5.71. The second-order valence-electron chi connectivity index (χ2n) is 9.80. The number of carbonyl (C=O) groups excluding carboxylic acids is 2. The Bertz CT molecular complexity index is 1410. The fourth-order valence-electron chi connectivity index (χ4n) is 4.29. The minimum atomic E-state index is -3.85. The molecule has 0 spiro atoms. The molecule has 0 heterocycles. The van der Waals surface area contributed by atoms with Gasteiger partial charge in [-0.3, -0.25) is 13.9 Å². The van der Waals surface area contributed by atoms with Crippen LogP contribution in [0.25, 0.3) is 0 Å². The van der Waals surface area contributed by atoms with Crippen LogP contribution in [0.3, 0.4) is 0 Å². The van der Waals surface area contributed by atoms with E-state index in [0.29, 0.717) is 33.3 Å². The van der Waals surface area contributed by atoms with Gasteiger partial charge in [0.15, 0.2) is 0 Å². The minimum absolute atomic E-state index is 0.0891. The fraction of sp³-hybridized carbons (Fsp3) is 0.333. The van der Waals surface area contributed by atoms with Crippen LogP contribution in [0.1, 0.15) is 37.0 Å². The zero-order valence-electron chi connectivity index (χ0n) is 23.1. The van der Waals surface area contributed by atoms with Crippen LogP contribution < -0.4 is 9.62 Å². The van der Waals surface area contributed by atoms with Crippen molar-refractivity contribution in [2.75, 3.05) is 17.1 Å². The first-order chi connectivity index (χ1) is 18.9. The molecule has 3 rings (SSSR count). The Labute approximate surface area is 247 Å². The minimum Gasteiger partial charge on any atom is -0.352 e. The van der Waals surface area contributed by atoms with E-state index < -0.39 is 28.5 Å². The number of amides is 2. The van der Waals surface area contributed by atoms with Gasteiger partial charge < -0.3 is 10.2 Å². The maximum Gasteiger partial charge on any atom is 0.244 e. The summed E-state index contributed by atoms with van der Waals surface area (Å²) >= 11 is 13.0. The zero-order chi connectivity index (χ0) is 29.4. The Hall–Kier alpha value is -3.07. The molecule has 1 N–H and O–H groups in total. The Balaban J connectivity index is 2.12. The molecular weight excluding hydrogens is 569 g/mol. The van der Waals surface area contributed by atoms with Gasteiger partial charge in [-0.2, -0.15) is 0 Å². The summed E-state index contributed by atoms with van der Waals surface area (Å²) in [7, 11) is -3.85. The first-order valence-electron chi connectivity index (χ1n) is 13.0. The third kappa shape index (κ3) is 8.22. The predicted octanol–water partition coefficient (Wildman–Crippen LogP) is 5.62. The number of nitrogens with zero attached hydrogens (tertiary/aromatic N) is 2. The summed E-state index contributed by atoms with van der Waals surface area (Å²) in [6.45, 7) is 5.02. The van der Waals surface area contributed by atoms with E-state index in [-0.39, 0.29) is 24.9 Å². The van der Waals surface area contributed by atoms with Crippen LogP contribution in [0.2, 0.25) is 10.0 Å². The molecule has 0 fully saturated rings. The molecule has 0 aliphatic carbocycles. The van der Waals surface area contributed by atoms with E-state index in [0.717, 1.165) is 16.1 Å². The highest BCUT2D eigenvalue weighted by Crippen LogP contribution is 2.28. The molecule has 40 heavy (non-hydrogen) atoms.